The Hall–Kier alpha value is -4.10. The van der Waals surface area contributed by atoms with E-state index in [-0.39, 0.29) is 11.9 Å². The topological polar surface area (TPSA) is 56.1 Å². The molecule has 0 bridgehead atoms. The number of aryl methyl sites for hydroxylation is 2. The number of benzene rings is 3. The van der Waals surface area contributed by atoms with Gasteiger partial charge in [0.05, 0.1) is 17.7 Å². The molecule has 1 atom stereocenters. The first-order valence-corrected chi connectivity index (χ1v) is 12.5. The van der Waals surface area contributed by atoms with Crippen LogP contribution >= 0.6 is 0 Å². The Morgan fingerprint density at radius 2 is 1.92 bits per heavy atom. The lowest BCUT2D eigenvalue weighted by Crippen LogP contribution is -2.31. The number of anilines is 1. The highest BCUT2D eigenvalue weighted by Gasteiger charge is 2.20. The molecule has 0 spiro atoms. The molecule has 4 nitrogen and oxygen atoms in total. The molecule has 0 saturated heterocycles. The molecule has 1 aliphatic rings. The van der Waals surface area contributed by atoms with Crippen molar-refractivity contribution in [3.63, 3.8) is 0 Å². The number of hydrogen-bond acceptors (Lipinski definition) is 3. The molecule has 0 saturated carbocycles. The quantitative estimate of drug-likeness (QED) is 0.384. The van der Waals surface area contributed by atoms with Crippen molar-refractivity contribution in [2.75, 3.05) is 18.0 Å². The van der Waals surface area contributed by atoms with Gasteiger partial charge in [-0.1, -0.05) is 49.1 Å². The summed E-state index contributed by atoms with van der Waals surface area (Å²) in [5.74, 6) is -0.0898. The van der Waals surface area contributed by atoms with E-state index in [1.807, 2.05) is 31.2 Å². The van der Waals surface area contributed by atoms with E-state index < -0.39 is 0 Å². The Morgan fingerprint density at radius 1 is 1.17 bits per heavy atom. The first kappa shape index (κ1) is 25.0. The molecule has 36 heavy (non-hydrogen) atoms. The van der Waals surface area contributed by atoms with Crippen LogP contribution in [0.25, 0.3) is 5.57 Å². The largest absolute Gasteiger partial charge is 0.367 e. The minimum atomic E-state index is -0.149. The predicted octanol–water partition coefficient (Wildman–Crippen LogP) is 6.77. The minimum absolute atomic E-state index is 0.0898. The normalized spacial score (nSPS) is 13.9. The third kappa shape index (κ3) is 5.75. The summed E-state index contributed by atoms with van der Waals surface area (Å²) in [4.78, 5) is 15.3. The van der Waals surface area contributed by atoms with E-state index >= 15 is 0 Å². The lowest BCUT2D eigenvalue weighted by molar-refractivity contribution is 0.0940. The Bertz CT molecular complexity index is 1340. The highest BCUT2D eigenvalue weighted by atomic mass is 16.1. The molecule has 1 N–H and O–H groups in total. The van der Waals surface area contributed by atoms with Gasteiger partial charge >= 0.3 is 0 Å². The summed E-state index contributed by atoms with van der Waals surface area (Å²) in [6.45, 7) is 12.3. The molecule has 4 rings (SSSR count). The van der Waals surface area contributed by atoms with E-state index in [1.165, 1.54) is 28.0 Å². The molecular weight excluding hydrogens is 442 g/mol. The van der Waals surface area contributed by atoms with Crippen LogP contribution in [0.1, 0.15) is 64.5 Å². The van der Waals surface area contributed by atoms with Crippen LogP contribution in [0.5, 0.6) is 0 Å². The molecule has 182 valence electrons. The minimum Gasteiger partial charge on any atom is -0.367 e. The van der Waals surface area contributed by atoms with Crippen LogP contribution in [-0.2, 0) is 6.42 Å². The van der Waals surface area contributed by atoms with Crippen LogP contribution < -0.4 is 10.2 Å². The van der Waals surface area contributed by atoms with Crippen molar-refractivity contribution in [3.05, 3.63) is 118 Å². The second-order valence-electron chi connectivity index (χ2n) is 9.60. The first-order valence-electron chi connectivity index (χ1n) is 12.5. The standard InChI is InChI=1S/C32H33N3O/c1-22(18-24(3)30-10-6-5-8-23(30)2)21-35-17-7-9-28-19-29(15-16-31(28)35)32(36)34-25(4)27-13-11-26(20-33)12-14-27/h5-6,8,10-16,18-19,25H,1,7,9,17,21H2,2-4H3,(H,34,36). The van der Waals surface area contributed by atoms with Gasteiger partial charge in [0.1, 0.15) is 0 Å². The maximum absolute atomic E-state index is 13.0. The molecule has 1 aliphatic heterocycles. The SMILES string of the molecule is C=C(C=C(C)c1ccccc1C)CN1CCCc2cc(C(=O)NC(C)c3ccc(C#N)cc3)ccc21. The van der Waals surface area contributed by atoms with Crippen molar-refractivity contribution < 1.29 is 4.79 Å². The lowest BCUT2D eigenvalue weighted by Gasteiger charge is -2.32. The van der Waals surface area contributed by atoms with Gasteiger partial charge in [0.2, 0.25) is 0 Å². The van der Waals surface area contributed by atoms with Crippen LogP contribution in [0, 0.1) is 18.3 Å². The van der Waals surface area contributed by atoms with E-state index in [2.05, 4.69) is 73.1 Å². The maximum Gasteiger partial charge on any atom is 0.251 e. The van der Waals surface area contributed by atoms with E-state index in [1.54, 1.807) is 12.1 Å². The molecule has 0 radical (unpaired) electrons. The van der Waals surface area contributed by atoms with Gasteiger partial charge in [-0.3, -0.25) is 4.79 Å². The number of nitriles is 1. The number of amides is 1. The van der Waals surface area contributed by atoms with Crippen molar-refractivity contribution in [2.24, 2.45) is 0 Å². The summed E-state index contributed by atoms with van der Waals surface area (Å²) in [6, 6.07) is 23.7. The van der Waals surface area contributed by atoms with E-state index in [0.717, 1.165) is 37.1 Å². The zero-order valence-electron chi connectivity index (χ0n) is 21.3. The van der Waals surface area contributed by atoms with E-state index in [0.29, 0.717) is 11.1 Å². The number of rotatable bonds is 7. The van der Waals surface area contributed by atoms with Crippen molar-refractivity contribution in [2.45, 2.75) is 39.7 Å². The zero-order chi connectivity index (χ0) is 25.7. The molecule has 0 aromatic heterocycles. The molecule has 3 aromatic carbocycles. The molecular formula is C32H33N3O. The van der Waals surface area contributed by atoms with Crippen LogP contribution in [0.3, 0.4) is 0 Å². The highest BCUT2D eigenvalue weighted by molar-refractivity contribution is 5.95. The van der Waals surface area contributed by atoms with Crippen molar-refractivity contribution >= 4 is 17.2 Å². The molecule has 1 amide bonds. The molecule has 1 heterocycles. The average molecular weight is 476 g/mol. The Balaban J connectivity index is 1.44. The lowest BCUT2D eigenvalue weighted by atomic mass is 9.97. The fourth-order valence-corrected chi connectivity index (χ4v) is 4.88. The Kier molecular flexibility index (Phi) is 7.71. The summed E-state index contributed by atoms with van der Waals surface area (Å²) in [7, 11) is 0. The average Bonchev–Trinajstić information content (AvgIpc) is 2.88. The van der Waals surface area contributed by atoms with Crippen LogP contribution in [0.4, 0.5) is 5.69 Å². The van der Waals surface area contributed by atoms with Crippen molar-refractivity contribution in [1.82, 2.24) is 5.32 Å². The van der Waals surface area contributed by atoms with Crippen LogP contribution in [-0.4, -0.2) is 19.0 Å². The number of nitrogens with one attached hydrogen (secondary N) is 1. The van der Waals surface area contributed by atoms with Crippen LogP contribution in [0.2, 0.25) is 0 Å². The second kappa shape index (κ2) is 11.1. The van der Waals surface area contributed by atoms with Crippen molar-refractivity contribution in [1.29, 1.82) is 5.26 Å². The molecule has 1 unspecified atom stereocenters. The van der Waals surface area contributed by atoms with Crippen LogP contribution in [0.15, 0.2) is 85.0 Å². The smallest absolute Gasteiger partial charge is 0.251 e. The molecule has 4 heteroatoms. The Labute approximate surface area is 214 Å². The summed E-state index contributed by atoms with van der Waals surface area (Å²) in [6.07, 6.45) is 4.19. The van der Waals surface area contributed by atoms with Gasteiger partial charge in [-0.15, -0.1) is 0 Å². The predicted molar refractivity (Wildman–Crippen MR) is 148 cm³/mol. The summed E-state index contributed by atoms with van der Waals surface area (Å²) in [5, 5.41) is 12.1. The van der Waals surface area contributed by atoms with Gasteiger partial charge in [-0.05, 0) is 97.3 Å². The van der Waals surface area contributed by atoms with Gasteiger partial charge in [-0.2, -0.15) is 5.26 Å². The summed E-state index contributed by atoms with van der Waals surface area (Å²) >= 11 is 0. The zero-order valence-corrected chi connectivity index (χ0v) is 21.3. The van der Waals surface area contributed by atoms with Gasteiger partial charge in [-0.25, -0.2) is 0 Å². The fourth-order valence-electron chi connectivity index (χ4n) is 4.88. The van der Waals surface area contributed by atoms with E-state index in [9.17, 15) is 4.79 Å². The number of carbonyl (C=O) groups excluding carboxylic acids is 1. The highest BCUT2D eigenvalue weighted by Crippen LogP contribution is 2.29. The third-order valence-electron chi connectivity index (χ3n) is 6.83. The maximum atomic E-state index is 13.0. The molecule has 3 aromatic rings. The summed E-state index contributed by atoms with van der Waals surface area (Å²) < 4.78 is 0. The molecule has 0 fully saturated rings. The monoisotopic (exact) mass is 475 g/mol. The van der Waals surface area contributed by atoms with Gasteiger partial charge in [0, 0.05) is 24.3 Å². The van der Waals surface area contributed by atoms with Gasteiger partial charge < -0.3 is 10.2 Å². The number of fused-ring (bicyclic) bond motifs is 1. The Morgan fingerprint density at radius 3 is 2.64 bits per heavy atom. The third-order valence-corrected chi connectivity index (χ3v) is 6.83. The number of allylic oxidation sites excluding steroid dienone is 1. The fraction of sp³-hybridized carbons (Fsp3) is 0.250. The second-order valence-corrected chi connectivity index (χ2v) is 9.60. The number of hydrogen-bond donors (Lipinski definition) is 1. The summed E-state index contributed by atoms with van der Waals surface area (Å²) in [5.41, 5.74) is 9.45. The van der Waals surface area contributed by atoms with Crippen molar-refractivity contribution in [3.8, 4) is 6.07 Å². The first-order chi connectivity index (χ1) is 17.4. The number of nitrogens with zero attached hydrogens (tertiary/aromatic N) is 2. The number of carbonyl (C=O) groups is 1. The van der Waals surface area contributed by atoms with Gasteiger partial charge in [0.15, 0.2) is 0 Å². The molecule has 0 aliphatic carbocycles. The van der Waals surface area contributed by atoms with E-state index in [4.69, 9.17) is 5.26 Å². The van der Waals surface area contributed by atoms with Gasteiger partial charge in [0.25, 0.3) is 5.91 Å².